The van der Waals surface area contributed by atoms with Crippen molar-refractivity contribution in [2.75, 3.05) is 11.9 Å². The number of anilines is 1. The van der Waals surface area contributed by atoms with Crippen LogP contribution < -0.4 is 10.6 Å². The summed E-state index contributed by atoms with van der Waals surface area (Å²) in [6.07, 6.45) is 11.1. The third-order valence-corrected chi connectivity index (χ3v) is 8.81. The van der Waals surface area contributed by atoms with E-state index in [1.807, 2.05) is 6.20 Å². The molecule has 2 aliphatic carbocycles. The number of carbonyl (C=O) groups excluding carboxylic acids is 4. The SMILES string of the molecule is O=C1CCC(N2C(=O)c3ccc(NCCC[C@H]4C[C@H](n5cc(-c6cccc(C7CC7)n6)cn5)C4)cc3C2=O)C(=O)N1. The second-order valence-corrected chi connectivity index (χ2v) is 11.7. The van der Waals surface area contributed by atoms with Gasteiger partial charge in [-0.3, -0.25) is 39.1 Å². The lowest BCUT2D eigenvalue weighted by atomic mass is 9.77. The summed E-state index contributed by atoms with van der Waals surface area (Å²) in [6.45, 7) is 0.758. The number of benzene rings is 1. The zero-order valence-electron chi connectivity index (χ0n) is 22.7. The first-order valence-electron chi connectivity index (χ1n) is 14.6. The maximum absolute atomic E-state index is 13.0. The number of nitrogens with zero attached hydrogens (tertiary/aromatic N) is 4. The summed E-state index contributed by atoms with van der Waals surface area (Å²) >= 11 is 0. The molecule has 7 rings (SSSR count). The number of imide groups is 2. The third-order valence-electron chi connectivity index (χ3n) is 8.81. The highest BCUT2D eigenvalue weighted by atomic mass is 16.2. The number of hydrogen-bond donors (Lipinski definition) is 2. The van der Waals surface area contributed by atoms with E-state index in [2.05, 4.69) is 44.8 Å². The molecular weight excluding hydrogens is 520 g/mol. The van der Waals surface area contributed by atoms with Gasteiger partial charge in [-0.15, -0.1) is 0 Å². The fourth-order valence-electron chi connectivity index (χ4n) is 6.25. The lowest BCUT2D eigenvalue weighted by molar-refractivity contribution is -0.136. The molecule has 1 aromatic carbocycles. The fraction of sp³-hybridized carbons (Fsp3) is 0.419. The van der Waals surface area contributed by atoms with Crippen LogP contribution in [-0.2, 0) is 9.59 Å². The number of amides is 4. The molecule has 2 aliphatic heterocycles. The summed E-state index contributed by atoms with van der Waals surface area (Å²) in [5.74, 6) is -0.667. The van der Waals surface area contributed by atoms with Gasteiger partial charge in [-0.05, 0) is 81.2 Å². The van der Waals surface area contributed by atoms with E-state index in [-0.39, 0.29) is 18.7 Å². The summed E-state index contributed by atoms with van der Waals surface area (Å²) < 4.78 is 2.09. The Kier molecular flexibility index (Phi) is 6.40. The van der Waals surface area contributed by atoms with Crippen LogP contribution in [0.2, 0.25) is 0 Å². The first kappa shape index (κ1) is 25.6. The molecular formula is C31H32N6O4. The average Bonchev–Trinajstić information content (AvgIpc) is 3.64. The van der Waals surface area contributed by atoms with Crippen molar-refractivity contribution in [3.05, 3.63) is 65.6 Å². The molecule has 10 nitrogen and oxygen atoms in total. The Balaban J connectivity index is 0.881. The summed E-state index contributed by atoms with van der Waals surface area (Å²) in [4.78, 5) is 55.5. The van der Waals surface area contributed by atoms with Crippen molar-refractivity contribution in [1.29, 1.82) is 0 Å². The highest BCUT2D eigenvalue weighted by molar-refractivity contribution is 6.23. The summed E-state index contributed by atoms with van der Waals surface area (Å²) in [5.41, 5.74) is 4.63. The Bertz CT molecular complexity index is 1550. The molecule has 41 heavy (non-hydrogen) atoms. The van der Waals surface area contributed by atoms with E-state index in [0.29, 0.717) is 29.0 Å². The van der Waals surface area contributed by atoms with Crippen LogP contribution in [0.3, 0.4) is 0 Å². The number of hydrogen-bond acceptors (Lipinski definition) is 7. The van der Waals surface area contributed by atoms with Crippen LogP contribution in [0.1, 0.15) is 89.7 Å². The number of carbonyl (C=O) groups is 4. The highest BCUT2D eigenvalue weighted by Crippen LogP contribution is 2.41. The summed E-state index contributed by atoms with van der Waals surface area (Å²) in [7, 11) is 0. The van der Waals surface area contributed by atoms with Crippen molar-refractivity contribution in [2.45, 2.75) is 69.4 Å². The van der Waals surface area contributed by atoms with Crippen LogP contribution in [0.15, 0.2) is 48.8 Å². The maximum Gasteiger partial charge on any atom is 0.262 e. The minimum atomic E-state index is -0.952. The van der Waals surface area contributed by atoms with Crippen molar-refractivity contribution >= 4 is 29.3 Å². The van der Waals surface area contributed by atoms with E-state index in [1.165, 1.54) is 18.5 Å². The molecule has 3 aromatic rings. The highest BCUT2D eigenvalue weighted by Gasteiger charge is 2.44. The van der Waals surface area contributed by atoms with Gasteiger partial charge in [-0.2, -0.15) is 5.10 Å². The number of pyridine rings is 1. The van der Waals surface area contributed by atoms with E-state index >= 15 is 0 Å². The quantitative estimate of drug-likeness (QED) is 0.303. The molecule has 1 saturated heterocycles. The van der Waals surface area contributed by atoms with E-state index < -0.39 is 23.8 Å². The van der Waals surface area contributed by atoms with Gasteiger partial charge in [0.2, 0.25) is 11.8 Å². The van der Waals surface area contributed by atoms with Crippen LogP contribution in [0.5, 0.6) is 0 Å². The lowest BCUT2D eigenvalue weighted by Crippen LogP contribution is -2.54. The second-order valence-electron chi connectivity index (χ2n) is 11.7. The minimum Gasteiger partial charge on any atom is -0.385 e. The maximum atomic E-state index is 13.0. The van der Waals surface area contributed by atoms with Crippen molar-refractivity contribution in [2.24, 2.45) is 5.92 Å². The van der Waals surface area contributed by atoms with Gasteiger partial charge in [0, 0.05) is 42.0 Å². The first-order chi connectivity index (χ1) is 19.9. The zero-order valence-corrected chi connectivity index (χ0v) is 22.7. The van der Waals surface area contributed by atoms with Gasteiger partial charge in [-0.25, -0.2) is 0 Å². The van der Waals surface area contributed by atoms with E-state index in [1.54, 1.807) is 18.2 Å². The molecule has 1 unspecified atom stereocenters. The van der Waals surface area contributed by atoms with Gasteiger partial charge in [0.1, 0.15) is 6.04 Å². The molecule has 3 fully saturated rings. The predicted molar refractivity (Wildman–Crippen MR) is 150 cm³/mol. The monoisotopic (exact) mass is 552 g/mol. The van der Waals surface area contributed by atoms with Gasteiger partial charge in [-0.1, -0.05) is 6.07 Å². The van der Waals surface area contributed by atoms with Crippen LogP contribution in [0.25, 0.3) is 11.3 Å². The smallest absolute Gasteiger partial charge is 0.262 e. The Morgan fingerprint density at radius 1 is 0.976 bits per heavy atom. The number of rotatable bonds is 9. The minimum absolute atomic E-state index is 0.105. The zero-order chi connectivity index (χ0) is 28.1. The lowest BCUT2D eigenvalue weighted by Gasteiger charge is -2.35. The third kappa shape index (κ3) is 4.92. The standard InChI is InChI=1S/C31H32N6O4/c38-28-11-10-27(29(39)35-28)37-30(40)23-9-8-21(15-24(23)31(37)41)32-12-2-3-18-13-22(14-18)36-17-20(16-33-36)26-5-1-4-25(34-26)19-6-7-19/h1,4-5,8-9,15-19,22,27,32H,2-3,6-7,10-14H2,(H,35,38,39)/t18-,22-,27?. The molecule has 2 aromatic heterocycles. The Hall–Kier alpha value is -4.34. The molecule has 0 radical (unpaired) electrons. The van der Waals surface area contributed by atoms with E-state index in [0.717, 1.165) is 54.1 Å². The normalized spacial score (nSPS) is 23.8. The summed E-state index contributed by atoms with van der Waals surface area (Å²) in [5, 5.41) is 10.2. The van der Waals surface area contributed by atoms with E-state index in [4.69, 9.17) is 4.98 Å². The predicted octanol–water partition coefficient (Wildman–Crippen LogP) is 4.07. The Labute approximate surface area is 237 Å². The summed E-state index contributed by atoms with van der Waals surface area (Å²) in [6, 6.07) is 10.9. The largest absolute Gasteiger partial charge is 0.385 e. The Morgan fingerprint density at radius 3 is 2.61 bits per heavy atom. The van der Waals surface area contributed by atoms with Crippen molar-refractivity contribution < 1.29 is 19.2 Å². The van der Waals surface area contributed by atoms with Gasteiger partial charge >= 0.3 is 0 Å². The van der Waals surface area contributed by atoms with Crippen LogP contribution in [-0.4, -0.2) is 55.9 Å². The van der Waals surface area contributed by atoms with Crippen molar-refractivity contribution in [1.82, 2.24) is 25.0 Å². The average molecular weight is 553 g/mol. The first-order valence-corrected chi connectivity index (χ1v) is 14.6. The van der Waals surface area contributed by atoms with E-state index in [9.17, 15) is 19.2 Å². The molecule has 0 spiro atoms. The van der Waals surface area contributed by atoms with Gasteiger partial charge in [0.15, 0.2) is 0 Å². The molecule has 4 aliphatic rings. The molecule has 0 bridgehead atoms. The van der Waals surface area contributed by atoms with Crippen molar-refractivity contribution in [3.8, 4) is 11.3 Å². The second kappa shape index (κ2) is 10.2. The number of aromatic nitrogens is 3. The van der Waals surface area contributed by atoms with Gasteiger partial charge in [0.05, 0.1) is 29.1 Å². The fourth-order valence-corrected chi connectivity index (χ4v) is 6.25. The topological polar surface area (TPSA) is 126 Å². The van der Waals surface area contributed by atoms with Gasteiger partial charge in [0.25, 0.3) is 11.8 Å². The number of nitrogens with one attached hydrogen (secondary N) is 2. The number of fused-ring (bicyclic) bond motifs is 1. The van der Waals surface area contributed by atoms with Crippen LogP contribution in [0, 0.1) is 5.92 Å². The van der Waals surface area contributed by atoms with Gasteiger partial charge < -0.3 is 5.32 Å². The Morgan fingerprint density at radius 2 is 1.80 bits per heavy atom. The molecule has 10 heteroatoms. The number of piperidine rings is 1. The molecule has 4 amide bonds. The molecule has 4 heterocycles. The van der Waals surface area contributed by atoms with Crippen LogP contribution in [0.4, 0.5) is 5.69 Å². The molecule has 2 N–H and O–H groups in total. The molecule has 210 valence electrons. The molecule has 1 atom stereocenters. The van der Waals surface area contributed by atoms with Crippen molar-refractivity contribution in [3.63, 3.8) is 0 Å². The molecule has 2 saturated carbocycles. The van der Waals surface area contributed by atoms with Crippen LogP contribution >= 0.6 is 0 Å².